The Balaban J connectivity index is 1.99. The minimum absolute atomic E-state index is 0.103. The van der Waals surface area contributed by atoms with Crippen molar-refractivity contribution in [3.63, 3.8) is 0 Å². The van der Waals surface area contributed by atoms with E-state index >= 15 is 0 Å². The van der Waals surface area contributed by atoms with Gasteiger partial charge in [-0.15, -0.1) is 0 Å². The average Bonchev–Trinajstić information content (AvgIpc) is 2.70. The monoisotopic (exact) mass is 510 g/mol. The summed E-state index contributed by atoms with van der Waals surface area (Å²) in [5.41, 5.74) is 0.865. The number of unbranched alkanes of at least 4 members (excludes halogenated alkanes) is 3. The molecule has 31 heavy (non-hydrogen) atoms. The number of alkyl halides is 1. The van der Waals surface area contributed by atoms with Crippen LogP contribution in [0.2, 0.25) is 18.1 Å². The zero-order valence-corrected chi connectivity index (χ0v) is 22.0. The van der Waals surface area contributed by atoms with Crippen LogP contribution in [0.15, 0.2) is 42.5 Å². The van der Waals surface area contributed by atoms with Gasteiger partial charge in [-0.2, -0.15) is 0 Å². The van der Waals surface area contributed by atoms with Crippen molar-refractivity contribution in [2.75, 3.05) is 11.9 Å². The predicted molar refractivity (Wildman–Crippen MR) is 132 cm³/mol. The van der Waals surface area contributed by atoms with Crippen LogP contribution >= 0.6 is 15.9 Å². The van der Waals surface area contributed by atoms with Crippen molar-refractivity contribution in [2.24, 2.45) is 0 Å². The number of rotatable bonds is 11. The quantitative estimate of drug-likeness (QED) is 0.192. The lowest BCUT2D eigenvalue weighted by atomic mass is 10.0. The second kappa shape index (κ2) is 11.5. The molecule has 2 rings (SSSR count). The second-order valence-electron chi connectivity index (χ2n) is 9.47. The van der Waals surface area contributed by atoms with Crippen molar-refractivity contribution >= 4 is 24.2 Å². The van der Waals surface area contributed by atoms with Gasteiger partial charge in [0.05, 0.1) is 6.61 Å². The van der Waals surface area contributed by atoms with E-state index in [1.807, 2.05) is 12.1 Å². The number of hydrogen-bond donors (Lipinski definition) is 1. The molecule has 0 saturated heterocycles. The molecule has 0 spiro atoms. The van der Waals surface area contributed by atoms with Gasteiger partial charge >= 0.3 is 0 Å². The Morgan fingerprint density at radius 3 is 2.16 bits per heavy atom. The molecule has 0 aliphatic heterocycles. The third-order valence-corrected chi connectivity index (χ3v) is 10.9. The summed E-state index contributed by atoms with van der Waals surface area (Å²) in [6, 6.07) is 12.0. The zero-order valence-electron chi connectivity index (χ0n) is 19.4. The highest BCUT2D eigenvalue weighted by atomic mass is 79.9. The van der Waals surface area contributed by atoms with E-state index in [9.17, 15) is 9.50 Å². The minimum Gasteiger partial charge on any atom is -0.544 e. The van der Waals surface area contributed by atoms with Crippen molar-refractivity contribution in [3.05, 3.63) is 59.4 Å². The van der Waals surface area contributed by atoms with E-state index in [0.29, 0.717) is 17.9 Å². The van der Waals surface area contributed by atoms with Crippen LogP contribution in [0.1, 0.15) is 63.7 Å². The van der Waals surface area contributed by atoms with E-state index in [2.05, 4.69) is 49.8 Å². The molecule has 0 heterocycles. The van der Waals surface area contributed by atoms with Crippen LogP contribution < -0.4 is 9.16 Å². The SMILES string of the molecule is CC(C)(C)[Si](C)(C)Oc1ccc(C(O)c2ccc(OCCCCCCBr)cc2F)cc1. The molecule has 0 saturated carbocycles. The van der Waals surface area contributed by atoms with E-state index in [4.69, 9.17) is 9.16 Å². The third-order valence-electron chi connectivity index (χ3n) is 5.94. The topological polar surface area (TPSA) is 38.7 Å². The van der Waals surface area contributed by atoms with Crippen LogP contribution in [0, 0.1) is 5.82 Å². The fourth-order valence-electron chi connectivity index (χ4n) is 2.90. The molecule has 0 radical (unpaired) electrons. The minimum atomic E-state index is -1.93. The van der Waals surface area contributed by atoms with Crippen LogP contribution in [-0.2, 0) is 0 Å². The molecule has 0 aliphatic carbocycles. The first kappa shape index (κ1) is 25.9. The fraction of sp³-hybridized carbons (Fsp3) is 0.520. The van der Waals surface area contributed by atoms with E-state index < -0.39 is 20.2 Å². The lowest BCUT2D eigenvalue weighted by Crippen LogP contribution is -2.43. The molecular weight excluding hydrogens is 475 g/mol. The van der Waals surface area contributed by atoms with Gasteiger partial charge in [0.1, 0.15) is 23.4 Å². The van der Waals surface area contributed by atoms with E-state index in [-0.39, 0.29) is 10.6 Å². The van der Waals surface area contributed by atoms with Crippen molar-refractivity contribution in [3.8, 4) is 11.5 Å². The summed E-state index contributed by atoms with van der Waals surface area (Å²) in [6.45, 7) is 11.5. The summed E-state index contributed by atoms with van der Waals surface area (Å²) >= 11 is 3.42. The molecule has 0 aliphatic rings. The Labute approximate surface area is 196 Å². The van der Waals surface area contributed by atoms with Crippen molar-refractivity contribution in [1.82, 2.24) is 0 Å². The van der Waals surface area contributed by atoms with Crippen molar-refractivity contribution in [1.29, 1.82) is 0 Å². The van der Waals surface area contributed by atoms with Crippen LogP contribution in [0.3, 0.4) is 0 Å². The number of hydrogen-bond acceptors (Lipinski definition) is 3. The van der Waals surface area contributed by atoms with Gasteiger partial charge in [0.2, 0.25) is 8.32 Å². The first-order valence-corrected chi connectivity index (χ1v) is 15.0. The standard InChI is InChI=1S/C25H36BrFO3Si/c1-25(2,3)31(4,5)30-20-12-10-19(11-13-20)24(28)22-15-14-21(18-23(22)27)29-17-9-7-6-8-16-26/h10-15,18,24,28H,6-9,16-17H2,1-5H3. The number of aliphatic hydroxyl groups excluding tert-OH is 1. The van der Waals surface area contributed by atoms with Crippen LogP contribution in [0.4, 0.5) is 4.39 Å². The second-order valence-corrected chi connectivity index (χ2v) is 15.0. The molecule has 0 fully saturated rings. The molecule has 6 heteroatoms. The molecule has 2 aromatic rings. The molecule has 3 nitrogen and oxygen atoms in total. The van der Waals surface area contributed by atoms with Crippen LogP contribution in [0.5, 0.6) is 11.5 Å². The molecular formula is C25H36BrFO3Si. The molecule has 0 amide bonds. The molecule has 0 bridgehead atoms. The molecule has 0 aromatic heterocycles. The van der Waals surface area contributed by atoms with Gasteiger partial charge < -0.3 is 14.3 Å². The highest BCUT2D eigenvalue weighted by Crippen LogP contribution is 2.37. The van der Waals surface area contributed by atoms with Crippen molar-refractivity contribution < 1.29 is 18.7 Å². The number of ether oxygens (including phenoxy) is 1. The molecule has 1 unspecified atom stereocenters. The molecule has 2 aromatic carbocycles. The van der Waals surface area contributed by atoms with Gasteiger partial charge in [0.25, 0.3) is 0 Å². The summed E-state index contributed by atoms with van der Waals surface area (Å²) in [6.07, 6.45) is 3.32. The summed E-state index contributed by atoms with van der Waals surface area (Å²) in [4.78, 5) is 0. The van der Waals surface area contributed by atoms with Gasteiger partial charge in [0, 0.05) is 17.0 Å². The smallest absolute Gasteiger partial charge is 0.250 e. The van der Waals surface area contributed by atoms with Gasteiger partial charge in [-0.05, 0) is 60.8 Å². The summed E-state index contributed by atoms with van der Waals surface area (Å²) in [5, 5.41) is 11.8. The Morgan fingerprint density at radius 2 is 1.58 bits per heavy atom. The first-order valence-electron chi connectivity index (χ1n) is 11.0. The lowest BCUT2D eigenvalue weighted by Gasteiger charge is -2.36. The summed E-state index contributed by atoms with van der Waals surface area (Å²) in [7, 11) is -1.93. The highest BCUT2D eigenvalue weighted by molar-refractivity contribution is 9.09. The Kier molecular flexibility index (Phi) is 9.59. The Hall–Kier alpha value is -1.37. The van der Waals surface area contributed by atoms with E-state index in [0.717, 1.165) is 36.8 Å². The summed E-state index contributed by atoms with van der Waals surface area (Å²) < 4.78 is 26.6. The third kappa shape index (κ3) is 7.61. The molecule has 172 valence electrons. The average molecular weight is 512 g/mol. The Bertz CT molecular complexity index is 819. The van der Waals surface area contributed by atoms with Gasteiger partial charge in [-0.1, -0.05) is 61.7 Å². The first-order chi connectivity index (χ1) is 14.5. The van der Waals surface area contributed by atoms with Crippen LogP contribution in [-0.4, -0.2) is 25.4 Å². The van der Waals surface area contributed by atoms with E-state index in [1.165, 1.54) is 6.07 Å². The maximum absolute atomic E-state index is 14.6. The predicted octanol–water partition coefficient (Wildman–Crippen LogP) is 7.63. The summed E-state index contributed by atoms with van der Waals surface area (Å²) in [5.74, 6) is 0.806. The number of benzene rings is 2. The highest BCUT2D eigenvalue weighted by Gasteiger charge is 2.38. The largest absolute Gasteiger partial charge is 0.544 e. The number of halogens is 2. The van der Waals surface area contributed by atoms with Crippen molar-refractivity contribution in [2.45, 2.75) is 70.7 Å². The van der Waals surface area contributed by atoms with Gasteiger partial charge in [-0.25, -0.2) is 4.39 Å². The zero-order chi connectivity index (χ0) is 23.1. The van der Waals surface area contributed by atoms with Gasteiger partial charge in [-0.3, -0.25) is 0 Å². The maximum Gasteiger partial charge on any atom is 0.250 e. The van der Waals surface area contributed by atoms with Crippen LogP contribution in [0.25, 0.3) is 0 Å². The lowest BCUT2D eigenvalue weighted by molar-refractivity contribution is 0.214. The molecule has 1 atom stereocenters. The Morgan fingerprint density at radius 1 is 0.968 bits per heavy atom. The fourth-order valence-corrected chi connectivity index (χ4v) is 4.33. The normalized spacial score (nSPS) is 13.2. The van der Waals surface area contributed by atoms with Gasteiger partial charge in [0.15, 0.2) is 0 Å². The maximum atomic E-state index is 14.6. The molecule has 1 N–H and O–H groups in total. The van der Waals surface area contributed by atoms with E-state index in [1.54, 1.807) is 24.3 Å². The number of aliphatic hydroxyl groups is 1.